The second-order valence-electron chi connectivity index (χ2n) is 8.80. The average molecular weight is 442 g/mol. The van der Waals surface area contributed by atoms with Crippen LogP contribution in [0.5, 0.6) is 5.75 Å². The van der Waals surface area contributed by atoms with Gasteiger partial charge in [-0.1, -0.05) is 24.3 Å². The summed E-state index contributed by atoms with van der Waals surface area (Å²) in [6, 6.07) is 16.5. The van der Waals surface area contributed by atoms with Gasteiger partial charge in [0.15, 0.2) is 5.78 Å². The minimum atomic E-state index is -0.286. The van der Waals surface area contributed by atoms with Crippen LogP contribution in [0, 0.1) is 0 Å². The Bertz CT molecular complexity index is 1220. The summed E-state index contributed by atoms with van der Waals surface area (Å²) in [6.07, 6.45) is 4.35. The highest BCUT2D eigenvalue weighted by atomic mass is 16.5. The lowest BCUT2D eigenvalue weighted by Gasteiger charge is -2.29. The van der Waals surface area contributed by atoms with E-state index in [9.17, 15) is 9.59 Å². The molecule has 0 bridgehead atoms. The van der Waals surface area contributed by atoms with Crippen LogP contribution in [0.1, 0.15) is 57.7 Å². The lowest BCUT2D eigenvalue weighted by molar-refractivity contribution is 0.0951. The Labute approximate surface area is 193 Å². The predicted molar refractivity (Wildman–Crippen MR) is 128 cm³/mol. The van der Waals surface area contributed by atoms with Gasteiger partial charge in [-0.2, -0.15) is 0 Å². The van der Waals surface area contributed by atoms with Crippen molar-refractivity contribution < 1.29 is 14.3 Å². The van der Waals surface area contributed by atoms with E-state index in [-0.39, 0.29) is 23.7 Å². The van der Waals surface area contributed by atoms with Gasteiger partial charge in [0.2, 0.25) is 0 Å². The van der Waals surface area contributed by atoms with Crippen molar-refractivity contribution in [3.8, 4) is 5.75 Å². The molecule has 1 amide bonds. The van der Waals surface area contributed by atoms with E-state index in [0.717, 1.165) is 34.6 Å². The first kappa shape index (κ1) is 22.4. The molecule has 0 saturated carbocycles. The lowest BCUT2D eigenvalue weighted by atomic mass is 9.85. The van der Waals surface area contributed by atoms with E-state index >= 15 is 0 Å². The van der Waals surface area contributed by atoms with Gasteiger partial charge in [-0.25, -0.2) is 0 Å². The molecule has 0 atom stereocenters. The topological polar surface area (TPSA) is 80.7 Å². The molecule has 4 rings (SSSR count). The van der Waals surface area contributed by atoms with Crippen molar-refractivity contribution >= 4 is 17.4 Å². The number of hydrogen-bond acceptors (Lipinski definition) is 5. The fourth-order valence-corrected chi connectivity index (χ4v) is 4.05. The fraction of sp³-hybridized carbons (Fsp3) is 0.259. The van der Waals surface area contributed by atoms with Gasteiger partial charge >= 0.3 is 0 Å². The minimum absolute atomic E-state index is 0.0814. The van der Waals surface area contributed by atoms with Gasteiger partial charge in [0.1, 0.15) is 5.75 Å². The van der Waals surface area contributed by atoms with Gasteiger partial charge in [0.25, 0.3) is 5.91 Å². The predicted octanol–water partition coefficient (Wildman–Crippen LogP) is 4.42. The zero-order valence-corrected chi connectivity index (χ0v) is 19.1. The van der Waals surface area contributed by atoms with Crippen LogP contribution in [0.4, 0.5) is 0 Å². The maximum atomic E-state index is 13.2. The van der Waals surface area contributed by atoms with Gasteiger partial charge in [-0.05, 0) is 61.7 Å². The third-order valence-electron chi connectivity index (χ3n) is 5.64. The van der Waals surface area contributed by atoms with Crippen LogP contribution >= 0.6 is 0 Å². The second kappa shape index (κ2) is 9.36. The van der Waals surface area contributed by atoms with Crippen LogP contribution in [0.2, 0.25) is 0 Å². The largest absolute Gasteiger partial charge is 0.497 e. The number of nitrogens with zero attached hydrogens (tertiary/aromatic N) is 2. The van der Waals surface area contributed by atoms with Crippen molar-refractivity contribution in [2.45, 2.75) is 38.8 Å². The number of rotatable bonds is 7. The van der Waals surface area contributed by atoms with Gasteiger partial charge in [0.05, 0.1) is 24.8 Å². The number of aliphatic imine (C=N–C) groups is 1. The number of pyridine rings is 1. The molecule has 6 heteroatoms. The number of methoxy groups -OCH3 is 1. The number of amides is 1. The van der Waals surface area contributed by atoms with E-state index in [1.807, 2.05) is 30.3 Å². The van der Waals surface area contributed by atoms with Gasteiger partial charge in [-0.15, -0.1) is 0 Å². The van der Waals surface area contributed by atoms with E-state index in [1.54, 1.807) is 43.8 Å². The number of Topliss-reactive ketones (excluding diaryl/α,β-unsaturated/α-hetero) is 1. The quantitative estimate of drug-likeness (QED) is 0.551. The first-order valence-electron chi connectivity index (χ1n) is 10.9. The highest BCUT2D eigenvalue weighted by molar-refractivity contribution is 6.17. The number of fused-ring (bicyclic) bond motifs is 1. The molecular formula is C27H27N3O3. The van der Waals surface area contributed by atoms with Crippen LogP contribution in [-0.2, 0) is 13.0 Å². The summed E-state index contributed by atoms with van der Waals surface area (Å²) in [6.45, 7) is 4.51. The molecule has 6 nitrogen and oxygen atoms in total. The lowest BCUT2D eigenvalue weighted by Crippen LogP contribution is -2.30. The maximum absolute atomic E-state index is 13.2. The molecule has 2 heterocycles. The number of carbonyl (C=O) groups excluding carboxylic acids is 2. The molecule has 0 fully saturated rings. The molecule has 168 valence electrons. The van der Waals surface area contributed by atoms with E-state index in [4.69, 9.17) is 9.73 Å². The van der Waals surface area contributed by atoms with Crippen LogP contribution < -0.4 is 10.1 Å². The van der Waals surface area contributed by atoms with Crippen LogP contribution in [0.15, 0.2) is 72.0 Å². The molecule has 33 heavy (non-hydrogen) atoms. The van der Waals surface area contributed by atoms with Gasteiger partial charge in [-0.3, -0.25) is 19.6 Å². The monoisotopic (exact) mass is 441 g/mol. The molecule has 0 spiro atoms. The standard InChI is InChI=1S/C27H27N3O3/c1-27(2)15-21-9-10-22(33-3)13-23(21)24(30-27)14-25(31)19-7-4-8-20(12-19)26(32)29-17-18-6-5-11-28-16-18/h4-13,16H,14-15,17H2,1-3H3,(H,29,32). The zero-order valence-electron chi connectivity index (χ0n) is 19.1. The SMILES string of the molecule is COc1ccc2c(c1)C(CC(=O)c1cccc(C(=O)NCc3cccnc3)c1)=NC(C)(C)C2. The number of ether oxygens (including phenoxy) is 1. The maximum Gasteiger partial charge on any atom is 0.251 e. The number of benzene rings is 2. The summed E-state index contributed by atoms with van der Waals surface area (Å²) in [7, 11) is 1.63. The highest BCUT2D eigenvalue weighted by Gasteiger charge is 2.28. The first-order valence-corrected chi connectivity index (χ1v) is 10.9. The summed E-state index contributed by atoms with van der Waals surface area (Å²) in [4.78, 5) is 34.7. The van der Waals surface area contributed by atoms with Crippen LogP contribution in [-0.4, -0.2) is 35.0 Å². The van der Waals surface area contributed by atoms with E-state index < -0.39 is 0 Å². The number of nitrogens with one attached hydrogen (secondary N) is 1. The molecule has 3 aromatic rings. The molecule has 0 aliphatic carbocycles. The Kier molecular flexibility index (Phi) is 6.36. The normalized spacial score (nSPS) is 14.1. The molecule has 2 aromatic carbocycles. The Morgan fingerprint density at radius 1 is 1.06 bits per heavy atom. The van der Waals surface area contributed by atoms with Gasteiger partial charge in [0, 0.05) is 35.6 Å². The third kappa shape index (κ3) is 5.34. The molecular weight excluding hydrogens is 414 g/mol. The molecule has 1 aliphatic rings. The Hall–Kier alpha value is -3.80. The van der Waals surface area contributed by atoms with Crippen molar-refractivity contribution in [2.75, 3.05) is 7.11 Å². The molecule has 0 radical (unpaired) electrons. The number of carbonyl (C=O) groups is 2. The summed E-state index contributed by atoms with van der Waals surface area (Å²) < 4.78 is 5.38. The Morgan fingerprint density at radius 2 is 1.88 bits per heavy atom. The van der Waals surface area contributed by atoms with E-state index in [0.29, 0.717) is 17.7 Å². The van der Waals surface area contributed by atoms with Crippen LogP contribution in [0.3, 0.4) is 0 Å². The van der Waals surface area contributed by atoms with Crippen molar-refractivity contribution in [1.82, 2.24) is 10.3 Å². The van der Waals surface area contributed by atoms with Crippen LogP contribution in [0.25, 0.3) is 0 Å². The van der Waals surface area contributed by atoms with Gasteiger partial charge < -0.3 is 10.1 Å². The molecule has 1 N–H and O–H groups in total. The van der Waals surface area contributed by atoms with Crippen molar-refractivity contribution in [1.29, 1.82) is 0 Å². The molecule has 1 aliphatic heterocycles. The Balaban J connectivity index is 1.52. The third-order valence-corrected chi connectivity index (χ3v) is 5.64. The fourth-order valence-electron chi connectivity index (χ4n) is 4.05. The van der Waals surface area contributed by atoms with Crippen molar-refractivity contribution in [3.05, 3.63) is 94.8 Å². The second-order valence-corrected chi connectivity index (χ2v) is 8.80. The minimum Gasteiger partial charge on any atom is -0.497 e. The van der Waals surface area contributed by atoms with E-state index in [2.05, 4.69) is 24.1 Å². The molecule has 0 saturated heterocycles. The number of ketones is 1. The molecule has 0 unspecified atom stereocenters. The Morgan fingerprint density at radius 3 is 2.64 bits per heavy atom. The smallest absolute Gasteiger partial charge is 0.251 e. The number of hydrogen-bond donors (Lipinski definition) is 1. The molecule has 1 aromatic heterocycles. The average Bonchev–Trinajstić information content (AvgIpc) is 2.82. The van der Waals surface area contributed by atoms with E-state index in [1.165, 1.54) is 0 Å². The highest BCUT2D eigenvalue weighted by Crippen LogP contribution is 2.31. The van der Waals surface area contributed by atoms with Crippen molar-refractivity contribution in [2.24, 2.45) is 4.99 Å². The first-order chi connectivity index (χ1) is 15.8. The van der Waals surface area contributed by atoms with Crippen molar-refractivity contribution in [3.63, 3.8) is 0 Å². The summed E-state index contributed by atoms with van der Waals surface area (Å²) in [5, 5.41) is 2.87. The zero-order chi connectivity index (χ0) is 23.4. The summed E-state index contributed by atoms with van der Waals surface area (Å²) in [5.74, 6) is 0.419. The summed E-state index contributed by atoms with van der Waals surface area (Å²) >= 11 is 0. The number of aromatic nitrogens is 1. The summed E-state index contributed by atoms with van der Waals surface area (Å²) in [5.41, 5.74) is 4.40.